The molecular weight excluding hydrogens is 1470 g/mol. The van der Waals surface area contributed by atoms with E-state index in [-0.39, 0.29) is 65.1 Å². The Morgan fingerprint density at radius 1 is 0.782 bits per heavy atom. The number of primary amides is 1. The molecule has 0 saturated carbocycles. The molecule has 0 radical (unpaired) electrons. The van der Waals surface area contributed by atoms with Gasteiger partial charge >= 0.3 is 35.9 Å². The topological polar surface area (TPSA) is 535 Å². The second-order valence-electron chi connectivity index (χ2n) is 26.9. The van der Waals surface area contributed by atoms with Gasteiger partial charge in [-0.1, -0.05) is 58.8 Å². The highest BCUT2D eigenvalue weighted by atomic mass is 32.2. The summed E-state index contributed by atoms with van der Waals surface area (Å²) < 4.78 is 65.2. The monoisotopic (exact) mass is 1570 g/mol. The Morgan fingerprint density at radius 3 is 2.10 bits per heavy atom. The van der Waals surface area contributed by atoms with Gasteiger partial charge in [0.1, 0.15) is 66.2 Å². The lowest BCUT2D eigenvalue weighted by Gasteiger charge is -2.43. The number of ether oxygens (including phenoxy) is 9. The van der Waals surface area contributed by atoms with Gasteiger partial charge in [0.15, 0.2) is 24.4 Å². The number of esters is 5. The first kappa shape index (κ1) is 86.6. The van der Waals surface area contributed by atoms with Crippen molar-refractivity contribution in [2.75, 3.05) is 59.3 Å². The number of methoxy groups -OCH3 is 1. The molecule has 2 unspecified atom stereocenters. The van der Waals surface area contributed by atoms with Crippen LogP contribution in [0.2, 0.25) is 0 Å². The lowest BCUT2D eigenvalue weighted by Crippen LogP contribution is -2.64. The molecule has 4 aliphatic rings. The van der Waals surface area contributed by atoms with E-state index in [2.05, 4.69) is 48.8 Å². The minimum atomic E-state index is -2.45. The number of aromatic amines is 1. The van der Waals surface area contributed by atoms with Crippen LogP contribution in [0.3, 0.4) is 0 Å². The summed E-state index contributed by atoms with van der Waals surface area (Å²) in [4.78, 5) is 209. The van der Waals surface area contributed by atoms with Crippen molar-refractivity contribution in [1.82, 2.24) is 52.0 Å². The van der Waals surface area contributed by atoms with Crippen LogP contribution < -0.4 is 52.4 Å². The number of aliphatic hydroxyl groups excluding tert-OH is 2. The third-order valence-corrected chi connectivity index (χ3v) is 19.9. The number of aliphatic hydroxyl groups is 2. The Balaban J connectivity index is 1.09. The van der Waals surface area contributed by atoms with Crippen LogP contribution in [0.1, 0.15) is 115 Å². The molecule has 2 bridgehead atoms. The maximum absolute atomic E-state index is 15.2. The zero-order valence-electron chi connectivity index (χ0n) is 62.2. The standard InChI is InChI=1S/C71H95N11O27S/c1-11-22-103-68(97)45-24-40(17-20-51(45)108-70-60(107-39(8)86)58(106-38(7)85)57(105-37(6)84)59(109-70)69(98)101-10)32-104-71(99)81(9)21-15-13-14-16-23-102-42-18-19-43-44-27-47-61(91)73-30-54(90)79-55(34(3)12-2)64(94)74-29-53(89)75-49(33-110(100)66(44)78-46(43)26-42)62(92)77-48(28-52(72)88)67(96)82-31-41(87)25-50(82)63(93)80-56(65(95)76-47)35(4)36(5)83/h11,17-20,24,26,34-36,41,47-50,55-60,70,78,83,87H,1,12-16,21-23,25,27-33H2,2-10H3,(H2,72,88)(H,73,91)(H,74,94)(H,75,89)(H,76,95)(H,77,92)(H,79,90)(H,80,93)/t34-,35-,36-,41+,47-,48-,49-,50-,55?,56-,57-,58-,59-,60+,70+,110?/m0/s1. The van der Waals surface area contributed by atoms with Gasteiger partial charge in [0, 0.05) is 87.9 Å². The lowest BCUT2D eigenvalue weighted by atomic mass is 9.94. The van der Waals surface area contributed by atoms with E-state index in [1.807, 2.05) is 0 Å². The maximum Gasteiger partial charge on any atom is 0.409 e. The molecule has 0 aliphatic carbocycles. The quantitative estimate of drug-likeness (QED) is 0.0144. The smallest absolute Gasteiger partial charge is 0.409 e. The van der Waals surface area contributed by atoms with E-state index in [1.54, 1.807) is 32.0 Å². The molecule has 39 heteroatoms. The van der Waals surface area contributed by atoms with Crippen molar-refractivity contribution in [3.63, 3.8) is 0 Å². The molecule has 10 amide bonds. The van der Waals surface area contributed by atoms with Gasteiger partial charge in [-0.2, -0.15) is 0 Å². The minimum Gasteiger partial charge on any atom is -0.610 e. The summed E-state index contributed by atoms with van der Waals surface area (Å²) in [6.45, 7) is 10.4. The van der Waals surface area contributed by atoms with E-state index in [0.717, 1.165) is 32.8 Å². The fourth-order valence-corrected chi connectivity index (χ4v) is 13.9. The number of benzene rings is 2. The number of nitrogens with one attached hydrogen (secondary N) is 8. The van der Waals surface area contributed by atoms with Gasteiger partial charge in [-0.15, -0.1) is 0 Å². The van der Waals surface area contributed by atoms with E-state index < -0.39 is 236 Å². The SMILES string of the molecule is C=CCOC(=O)c1cc(COC(=O)N(C)CCCCCCOc2ccc3c4c([nH]c3c2)[S+]([O-])C[C@@H]2NC(=O)CNC(=O)C([C@@H](C)CC)NC(=O)CNC(=O)[C@H](C4)NC(=O)[C@H]([C@@H](C)[C@H](C)O)NC(=O)[C@@H]3C[C@@H](O)CN3C(=O)[C@H](CC(N)=O)NC2=O)ccc1O[C@@H]1O[C@H](C(=O)OC)[C@@H](OC(C)=O)[C@H](OC(C)=O)[C@H]1OC(C)=O. The average molecular weight is 1570 g/mol. The number of unbranched alkanes of at least 4 members (excludes halogenated alkanes) is 3. The summed E-state index contributed by atoms with van der Waals surface area (Å²) in [6, 6.07) is -1.36. The second kappa shape index (κ2) is 40.2. The Morgan fingerprint density at radius 2 is 1.45 bits per heavy atom. The highest BCUT2D eigenvalue weighted by Crippen LogP contribution is 2.35. The van der Waals surface area contributed by atoms with Crippen molar-refractivity contribution >= 4 is 111 Å². The first-order valence-corrected chi connectivity index (χ1v) is 36.8. The van der Waals surface area contributed by atoms with Crippen molar-refractivity contribution in [2.45, 2.75) is 191 Å². The van der Waals surface area contributed by atoms with Gasteiger partial charge in [0.2, 0.25) is 70.6 Å². The minimum absolute atomic E-state index is 0.0943. The van der Waals surface area contributed by atoms with E-state index in [0.29, 0.717) is 37.5 Å². The first-order chi connectivity index (χ1) is 52.1. The summed E-state index contributed by atoms with van der Waals surface area (Å²) >= 11 is -2.45. The average Bonchev–Trinajstić information content (AvgIpc) is 1.10. The van der Waals surface area contributed by atoms with Gasteiger partial charge in [-0.05, 0) is 55.5 Å². The zero-order valence-corrected chi connectivity index (χ0v) is 63.0. The number of nitrogens with two attached hydrogens (primary N) is 1. The molecule has 5 heterocycles. The van der Waals surface area contributed by atoms with Crippen molar-refractivity contribution in [3.8, 4) is 11.5 Å². The number of nitrogens with zero attached hydrogens (tertiary/aromatic N) is 2. The number of fused-ring (bicyclic) bond motifs is 5. The molecule has 1 aromatic heterocycles. The van der Waals surface area contributed by atoms with Crippen LogP contribution in [-0.4, -0.2) is 257 Å². The van der Waals surface area contributed by atoms with Crippen LogP contribution >= 0.6 is 0 Å². The molecule has 110 heavy (non-hydrogen) atoms. The fourth-order valence-electron chi connectivity index (χ4n) is 12.5. The molecule has 7 rings (SSSR count). The van der Waals surface area contributed by atoms with Gasteiger partial charge in [-0.25, -0.2) is 14.4 Å². The molecule has 0 spiro atoms. The maximum atomic E-state index is 15.2. The summed E-state index contributed by atoms with van der Waals surface area (Å²) in [5.41, 5.74) is 5.93. The van der Waals surface area contributed by atoms with E-state index in [9.17, 15) is 82.1 Å². The van der Waals surface area contributed by atoms with Crippen LogP contribution in [-0.2, 0) is 120 Å². The number of carbonyl (C=O) groups excluding carboxylic acids is 15. The molecule has 38 nitrogen and oxygen atoms in total. The molecule has 2 fully saturated rings. The number of H-pyrrole nitrogens is 1. The predicted molar refractivity (Wildman–Crippen MR) is 381 cm³/mol. The molecule has 3 aromatic rings. The van der Waals surface area contributed by atoms with Crippen LogP contribution in [0.5, 0.6) is 11.5 Å². The predicted octanol–water partition coefficient (Wildman–Crippen LogP) is -1.98. The van der Waals surface area contributed by atoms with Crippen LogP contribution in [0, 0.1) is 11.8 Å². The Bertz CT molecular complexity index is 3930. The molecule has 12 N–H and O–H groups in total. The van der Waals surface area contributed by atoms with Crippen molar-refractivity contribution < 1.29 is 129 Å². The largest absolute Gasteiger partial charge is 0.610 e. The number of hydrogen-bond acceptors (Lipinski definition) is 27. The third-order valence-electron chi connectivity index (χ3n) is 18.5. The number of rotatable bonds is 25. The first-order valence-electron chi connectivity index (χ1n) is 35.5. The van der Waals surface area contributed by atoms with Crippen molar-refractivity contribution in [3.05, 3.63) is 65.7 Å². The molecule has 2 aromatic carbocycles. The van der Waals surface area contributed by atoms with Gasteiger partial charge in [-0.3, -0.25) is 57.5 Å². The Hall–Kier alpha value is -10.6. The highest BCUT2D eigenvalue weighted by molar-refractivity contribution is 7.91. The number of aromatic nitrogens is 1. The number of hydrogen-bond donors (Lipinski definition) is 11. The van der Waals surface area contributed by atoms with E-state index in [4.69, 9.17) is 48.4 Å². The highest BCUT2D eigenvalue weighted by Gasteiger charge is 2.56. The Kier molecular flexibility index (Phi) is 31.6. The van der Waals surface area contributed by atoms with E-state index in [1.165, 1.54) is 50.1 Å². The molecule has 16 atom stereocenters. The van der Waals surface area contributed by atoms with Crippen LogP contribution in [0.15, 0.2) is 54.1 Å². The fraction of sp³-hybridized carbons (Fsp3) is 0.563. The van der Waals surface area contributed by atoms with Crippen LogP contribution in [0.25, 0.3) is 10.9 Å². The molecule has 602 valence electrons. The normalized spacial score (nSPS) is 25.2. The summed E-state index contributed by atoms with van der Waals surface area (Å²) in [6.07, 6.45) is -10.2. The zero-order chi connectivity index (χ0) is 81.0. The summed E-state index contributed by atoms with van der Waals surface area (Å²) in [5, 5.41) is 39.5. The second-order valence-corrected chi connectivity index (χ2v) is 28.3. The van der Waals surface area contributed by atoms with Crippen molar-refractivity contribution in [2.24, 2.45) is 17.6 Å². The summed E-state index contributed by atoms with van der Waals surface area (Å²) in [7, 11) is 2.52. The summed E-state index contributed by atoms with van der Waals surface area (Å²) in [5.74, 6) is -16.6. The third kappa shape index (κ3) is 23.4. The van der Waals surface area contributed by atoms with Gasteiger partial charge in [0.25, 0.3) is 0 Å². The van der Waals surface area contributed by atoms with Gasteiger partial charge < -0.3 is 115 Å². The Labute approximate surface area is 634 Å². The number of amides is 10. The lowest BCUT2D eigenvalue weighted by molar-refractivity contribution is -0.282. The van der Waals surface area contributed by atoms with Crippen LogP contribution in [0.4, 0.5) is 4.79 Å². The molecule has 2 saturated heterocycles. The molecule has 4 aliphatic heterocycles. The van der Waals surface area contributed by atoms with Gasteiger partial charge in [0.05, 0.1) is 51.0 Å². The molecular formula is C71H95N11O27S. The number of carbonyl (C=O) groups is 15. The van der Waals surface area contributed by atoms with E-state index >= 15 is 4.55 Å². The van der Waals surface area contributed by atoms with Crippen molar-refractivity contribution in [1.29, 1.82) is 0 Å².